The number of nitrogens with one attached hydrogen (secondary N) is 1. The first-order valence-electron chi connectivity index (χ1n) is 8.92. The minimum atomic E-state index is -0.548. The van der Waals surface area contributed by atoms with Crippen molar-refractivity contribution in [2.24, 2.45) is 0 Å². The van der Waals surface area contributed by atoms with Crippen LogP contribution in [0, 0.1) is 13.8 Å². The Bertz CT molecular complexity index is 737. The van der Waals surface area contributed by atoms with Crippen LogP contribution in [0.5, 0.6) is 5.75 Å². The Morgan fingerprint density at radius 1 is 0.960 bits per heavy atom. The number of hydrogen-bond donors (Lipinski definition) is 1. The summed E-state index contributed by atoms with van der Waals surface area (Å²) in [5.41, 5.74) is 4.66. The van der Waals surface area contributed by atoms with Crippen molar-refractivity contribution in [1.29, 1.82) is 0 Å². The average Bonchev–Trinajstić information content (AvgIpc) is 2.54. The molecule has 0 saturated heterocycles. The largest absolute Gasteiger partial charge is 0.481 e. The summed E-state index contributed by atoms with van der Waals surface area (Å²) in [6, 6.07) is 14.1. The Kier molecular flexibility index (Phi) is 6.24. The molecular weight excluding hydrogens is 310 g/mol. The van der Waals surface area contributed by atoms with E-state index < -0.39 is 6.10 Å². The standard InChI is InChI=1S/C22H29NO2/c1-14(2)19-9-7-8-10-21(19)25-18(6)22(24)23-17(5)20-12-11-15(3)13-16(20)4/h7-14,17-18H,1-6H3,(H,23,24)/t17-,18+/m0/s1. The quantitative estimate of drug-likeness (QED) is 0.798. The first-order chi connectivity index (χ1) is 11.8. The second-order valence-electron chi connectivity index (χ2n) is 7.04. The molecule has 0 unspecified atom stereocenters. The van der Waals surface area contributed by atoms with Gasteiger partial charge in [-0.3, -0.25) is 4.79 Å². The van der Waals surface area contributed by atoms with Crippen LogP contribution in [0.1, 0.15) is 61.9 Å². The molecule has 0 radical (unpaired) electrons. The Hall–Kier alpha value is -2.29. The third-order valence-electron chi connectivity index (χ3n) is 4.46. The first-order valence-corrected chi connectivity index (χ1v) is 8.92. The van der Waals surface area contributed by atoms with Gasteiger partial charge in [0.05, 0.1) is 6.04 Å². The van der Waals surface area contributed by atoms with Gasteiger partial charge in [0, 0.05) is 0 Å². The second-order valence-corrected chi connectivity index (χ2v) is 7.04. The molecule has 2 rings (SSSR count). The van der Waals surface area contributed by atoms with Crippen LogP contribution >= 0.6 is 0 Å². The van der Waals surface area contributed by atoms with Crippen molar-refractivity contribution < 1.29 is 9.53 Å². The highest BCUT2D eigenvalue weighted by molar-refractivity contribution is 5.81. The van der Waals surface area contributed by atoms with Gasteiger partial charge in [-0.2, -0.15) is 0 Å². The van der Waals surface area contributed by atoms with E-state index in [1.54, 1.807) is 6.92 Å². The van der Waals surface area contributed by atoms with Gasteiger partial charge in [-0.15, -0.1) is 0 Å². The normalized spacial score (nSPS) is 13.4. The van der Waals surface area contributed by atoms with Crippen LogP contribution in [0.25, 0.3) is 0 Å². The number of carbonyl (C=O) groups is 1. The summed E-state index contributed by atoms with van der Waals surface area (Å²) in [6.45, 7) is 12.2. The molecule has 0 aliphatic heterocycles. The summed E-state index contributed by atoms with van der Waals surface area (Å²) in [7, 11) is 0. The maximum atomic E-state index is 12.6. The fraction of sp³-hybridized carbons (Fsp3) is 0.409. The maximum Gasteiger partial charge on any atom is 0.261 e. The lowest BCUT2D eigenvalue weighted by atomic mass is 10.00. The van der Waals surface area contributed by atoms with Crippen LogP contribution < -0.4 is 10.1 Å². The van der Waals surface area contributed by atoms with E-state index in [1.807, 2.05) is 31.2 Å². The summed E-state index contributed by atoms with van der Waals surface area (Å²) in [5, 5.41) is 3.06. The van der Waals surface area contributed by atoms with Crippen LogP contribution in [0.2, 0.25) is 0 Å². The number of rotatable bonds is 6. The van der Waals surface area contributed by atoms with Gasteiger partial charge in [-0.05, 0) is 56.4 Å². The molecule has 1 amide bonds. The van der Waals surface area contributed by atoms with Gasteiger partial charge in [-0.25, -0.2) is 0 Å². The summed E-state index contributed by atoms with van der Waals surface area (Å²) in [5.74, 6) is 1.02. The molecular formula is C22H29NO2. The van der Waals surface area contributed by atoms with E-state index in [0.717, 1.165) is 16.9 Å². The molecule has 3 nitrogen and oxygen atoms in total. The maximum absolute atomic E-state index is 12.6. The van der Waals surface area contributed by atoms with Gasteiger partial charge in [0.1, 0.15) is 5.75 Å². The number of amides is 1. The SMILES string of the molecule is Cc1ccc([C@H](C)NC(=O)[C@@H](C)Oc2ccccc2C(C)C)c(C)c1. The topological polar surface area (TPSA) is 38.3 Å². The predicted octanol–water partition coefficient (Wildman–Crippen LogP) is 5.07. The van der Waals surface area contributed by atoms with Crippen LogP contribution in [0.3, 0.4) is 0 Å². The van der Waals surface area contributed by atoms with Crippen molar-refractivity contribution in [3.05, 3.63) is 64.7 Å². The molecule has 0 aliphatic rings. The van der Waals surface area contributed by atoms with Crippen LogP contribution in [0.15, 0.2) is 42.5 Å². The fourth-order valence-corrected chi connectivity index (χ4v) is 3.03. The minimum Gasteiger partial charge on any atom is -0.481 e. The van der Waals surface area contributed by atoms with Crippen LogP contribution in [-0.2, 0) is 4.79 Å². The lowest BCUT2D eigenvalue weighted by Crippen LogP contribution is -2.38. The lowest BCUT2D eigenvalue weighted by molar-refractivity contribution is -0.127. The molecule has 2 atom stereocenters. The third kappa shape index (κ3) is 4.85. The van der Waals surface area contributed by atoms with Gasteiger partial charge in [-0.1, -0.05) is 55.8 Å². The highest BCUT2D eigenvalue weighted by atomic mass is 16.5. The number of para-hydroxylation sites is 1. The fourth-order valence-electron chi connectivity index (χ4n) is 3.03. The molecule has 0 aromatic heterocycles. The Balaban J connectivity index is 2.05. The molecule has 25 heavy (non-hydrogen) atoms. The minimum absolute atomic E-state index is 0.0560. The molecule has 0 fully saturated rings. The number of carbonyl (C=O) groups excluding carboxylic acids is 1. The van der Waals surface area contributed by atoms with Gasteiger partial charge >= 0.3 is 0 Å². The summed E-state index contributed by atoms with van der Waals surface area (Å²) in [6.07, 6.45) is -0.548. The van der Waals surface area contributed by atoms with Gasteiger partial charge in [0.15, 0.2) is 6.10 Å². The second kappa shape index (κ2) is 8.19. The van der Waals surface area contributed by atoms with E-state index in [0.29, 0.717) is 5.92 Å². The lowest BCUT2D eigenvalue weighted by Gasteiger charge is -2.22. The molecule has 3 heteroatoms. The van der Waals surface area contributed by atoms with Crippen LogP contribution in [-0.4, -0.2) is 12.0 Å². The zero-order valence-corrected chi connectivity index (χ0v) is 16.1. The summed E-state index contributed by atoms with van der Waals surface area (Å²) in [4.78, 5) is 12.6. The Morgan fingerprint density at radius 2 is 1.64 bits per heavy atom. The Labute approximate surface area is 151 Å². The molecule has 2 aromatic rings. The highest BCUT2D eigenvalue weighted by Crippen LogP contribution is 2.27. The molecule has 0 spiro atoms. The van der Waals surface area contributed by atoms with Crippen molar-refractivity contribution in [2.75, 3.05) is 0 Å². The number of ether oxygens (including phenoxy) is 1. The van der Waals surface area contributed by atoms with E-state index in [4.69, 9.17) is 4.74 Å². The molecule has 2 aromatic carbocycles. The van der Waals surface area contributed by atoms with E-state index in [9.17, 15) is 4.79 Å². The van der Waals surface area contributed by atoms with E-state index in [2.05, 4.69) is 51.2 Å². The number of aryl methyl sites for hydroxylation is 2. The van der Waals surface area contributed by atoms with Crippen molar-refractivity contribution in [2.45, 2.75) is 59.6 Å². The van der Waals surface area contributed by atoms with E-state index in [1.165, 1.54) is 11.1 Å². The number of hydrogen-bond acceptors (Lipinski definition) is 2. The molecule has 0 bridgehead atoms. The summed E-state index contributed by atoms with van der Waals surface area (Å²) < 4.78 is 5.94. The predicted molar refractivity (Wildman–Crippen MR) is 103 cm³/mol. The summed E-state index contributed by atoms with van der Waals surface area (Å²) >= 11 is 0. The zero-order valence-electron chi connectivity index (χ0n) is 16.1. The van der Waals surface area contributed by atoms with Crippen LogP contribution in [0.4, 0.5) is 0 Å². The van der Waals surface area contributed by atoms with Gasteiger partial charge in [0.2, 0.25) is 0 Å². The molecule has 0 aliphatic carbocycles. The van der Waals surface area contributed by atoms with Crippen molar-refractivity contribution in [3.8, 4) is 5.75 Å². The molecule has 0 saturated carbocycles. The van der Waals surface area contributed by atoms with Gasteiger partial charge < -0.3 is 10.1 Å². The number of benzene rings is 2. The third-order valence-corrected chi connectivity index (χ3v) is 4.46. The highest BCUT2D eigenvalue weighted by Gasteiger charge is 2.20. The monoisotopic (exact) mass is 339 g/mol. The first kappa shape index (κ1) is 19.0. The van der Waals surface area contributed by atoms with Crippen molar-refractivity contribution in [3.63, 3.8) is 0 Å². The van der Waals surface area contributed by atoms with Crippen molar-refractivity contribution >= 4 is 5.91 Å². The smallest absolute Gasteiger partial charge is 0.261 e. The van der Waals surface area contributed by atoms with Gasteiger partial charge in [0.25, 0.3) is 5.91 Å². The van der Waals surface area contributed by atoms with Crippen molar-refractivity contribution in [1.82, 2.24) is 5.32 Å². The zero-order chi connectivity index (χ0) is 18.6. The van der Waals surface area contributed by atoms with E-state index >= 15 is 0 Å². The molecule has 0 heterocycles. The Morgan fingerprint density at radius 3 is 2.28 bits per heavy atom. The molecule has 1 N–H and O–H groups in total. The van der Waals surface area contributed by atoms with E-state index in [-0.39, 0.29) is 11.9 Å². The molecule has 134 valence electrons. The average molecular weight is 339 g/mol.